The Hall–Kier alpha value is -4.24. The van der Waals surface area contributed by atoms with Crippen LogP contribution in [0.15, 0.2) is 54.7 Å². The summed E-state index contributed by atoms with van der Waals surface area (Å²) in [5.41, 5.74) is 1.48. The van der Waals surface area contributed by atoms with Crippen molar-refractivity contribution in [2.75, 3.05) is 40.4 Å². The van der Waals surface area contributed by atoms with E-state index in [0.29, 0.717) is 44.1 Å². The van der Waals surface area contributed by atoms with Gasteiger partial charge in [-0.1, -0.05) is 50.2 Å². The van der Waals surface area contributed by atoms with Gasteiger partial charge in [0, 0.05) is 44.5 Å². The van der Waals surface area contributed by atoms with Crippen molar-refractivity contribution >= 4 is 29.2 Å². The summed E-state index contributed by atoms with van der Waals surface area (Å²) in [5.74, 6) is 0.436. The first kappa shape index (κ1) is 41.5. The fraction of sp³-hybridized carbons (Fsp3) is 0.538. The molecule has 0 saturated carbocycles. The van der Waals surface area contributed by atoms with E-state index in [2.05, 4.69) is 25.8 Å². The quantitative estimate of drug-likeness (QED) is 0.169. The van der Waals surface area contributed by atoms with Crippen molar-refractivity contribution in [2.24, 2.45) is 5.92 Å². The summed E-state index contributed by atoms with van der Waals surface area (Å²) in [5, 5.41) is 21.6. The summed E-state index contributed by atoms with van der Waals surface area (Å²) >= 11 is 1.43. The van der Waals surface area contributed by atoms with Crippen LogP contribution in [0.1, 0.15) is 55.6 Å². The highest BCUT2D eigenvalue weighted by Gasteiger charge is 2.37. The average Bonchev–Trinajstić information content (AvgIpc) is 3.54. The first-order valence-corrected chi connectivity index (χ1v) is 18.8. The van der Waals surface area contributed by atoms with Crippen LogP contribution in [0.3, 0.4) is 0 Å². The van der Waals surface area contributed by atoms with E-state index >= 15 is 0 Å². The Bertz CT molecular complexity index is 1650. The van der Waals surface area contributed by atoms with Crippen molar-refractivity contribution in [3.63, 3.8) is 0 Å². The van der Waals surface area contributed by atoms with Crippen molar-refractivity contribution in [2.45, 2.75) is 90.9 Å². The number of hydrogen-bond acceptors (Lipinski definition) is 11. The molecule has 53 heavy (non-hydrogen) atoms. The van der Waals surface area contributed by atoms with Gasteiger partial charge in [-0.3, -0.25) is 19.4 Å². The van der Waals surface area contributed by atoms with Gasteiger partial charge in [0.15, 0.2) is 11.5 Å². The number of rotatable bonds is 16. The first-order valence-electron chi connectivity index (χ1n) is 18.0. The second-order valence-corrected chi connectivity index (χ2v) is 16.2. The zero-order chi connectivity index (χ0) is 38.7. The number of carbonyl (C=O) groups is 3. The summed E-state index contributed by atoms with van der Waals surface area (Å²) in [4.78, 5) is 49.6. The lowest BCUT2D eigenvalue weighted by molar-refractivity contribution is -0.132. The highest BCUT2D eigenvalue weighted by Crippen LogP contribution is 2.28. The Morgan fingerprint density at radius 3 is 2.34 bits per heavy atom. The number of β-amino-alcohol motifs (C(OH)–C–C–N with tert-alkyl or cyclic N) is 1. The summed E-state index contributed by atoms with van der Waals surface area (Å²) < 4.78 is 16.3. The molecule has 1 aliphatic heterocycles. The molecule has 14 heteroatoms. The number of hydrogen-bond donors (Lipinski definition) is 4. The number of aliphatic hydroxyl groups is 1. The maximum atomic E-state index is 13.8. The molecule has 2 heterocycles. The molecular formula is C39H56N6O7S. The summed E-state index contributed by atoms with van der Waals surface area (Å²) in [6.45, 7) is 13.7. The molecule has 290 valence electrons. The van der Waals surface area contributed by atoms with Gasteiger partial charge in [0.25, 0.3) is 0 Å². The van der Waals surface area contributed by atoms with Gasteiger partial charge < -0.3 is 35.3 Å². The minimum absolute atomic E-state index is 0.0463. The maximum Gasteiger partial charge on any atom is 0.408 e. The lowest BCUT2D eigenvalue weighted by atomic mass is 9.97. The van der Waals surface area contributed by atoms with Gasteiger partial charge >= 0.3 is 6.09 Å². The number of nitrogens with one attached hydrogen (secondary N) is 3. The standard InChI is InChI=1S/C39H56N6O7S/c1-25(2)35(42-38(49)52-24-29-20-40-26(3)53-29)37(48)41-30(18-27-12-10-9-11-13-27)32(46)23-45-17-16-44(22-31(45)36(47)43-39(4,5)6)21-28-14-15-33(50-7)34(19-28)51-8/h9-15,19-20,25,30-32,35,46H,16-18,21-24H2,1-8H3,(H,41,48)(H,42,49)(H,43,47)/t30-,31-,32+,35-/m0/s1. The second kappa shape index (κ2) is 19.2. The molecule has 0 aliphatic carbocycles. The van der Waals surface area contributed by atoms with Gasteiger partial charge in [0.2, 0.25) is 11.8 Å². The van der Waals surface area contributed by atoms with Crippen LogP contribution < -0.4 is 25.4 Å². The Balaban J connectivity index is 1.50. The smallest absolute Gasteiger partial charge is 0.408 e. The van der Waals surface area contributed by atoms with Crippen LogP contribution in [-0.4, -0.2) is 108 Å². The molecule has 2 aromatic carbocycles. The number of aliphatic hydroxyl groups excluding tert-OH is 1. The van der Waals surface area contributed by atoms with Gasteiger partial charge in [-0.15, -0.1) is 11.3 Å². The molecular weight excluding hydrogens is 697 g/mol. The van der Waals surface area contributed by atoms with Gasteiger partial charge in [-0.2, -0.15) is 0 Å². The minimum Gasteiger partial charge on any atom is -0.493 e. The molecule has 0 spiro atoms. The largest absolute Gasteiger partial charge is 0.493 e. The lowest BCUT2D eigenvalue weighted by Gasteiger charge is -2.43. The summed E-state index contributed by atoms with van der Waals surface area (Å²) in [7, 11) is 3.20. The van der Waals surface area contributed by atoms with Gasteiger partial charge in [0.1, 0.15) is 18.7 Å². The van der Waals surface area contributed by atoms with Gasteiger partial charge in [0.05, 0.1) is 36.3 Å². The van der Waals surface area contributed by atoms with E-state index in [1.54, 1.807) is 20.4 Å². The number of nitrogens with zero attached hydrogens (tertiary/aromatic N) is 3. The number of methoxy groups -OCH3 is 2. The third-order valence-electron chi connectivity index (χ3n) is 8.98. The molecule has 13 nitrogen and oxygen atoms in total. The molecule has 1 aromatic heterocycles. The van der Waals surface area contributed by atoms with Crippen LogP contribution in [0.25, 0.3) is 0 Å². The number of aromatic nitrogens is 1. The van der Waals surface area contributed by atoms with Crippen molar-refractivity contribution in [3.05, 3.63) is 75.7 Å². The SMILES string of the molecule is COc1ccc(CN2CCN(C[C@@H](O)[C@H](Cc3ccccc3)NC(=O)[C@@H](NC(=O)OCc3cnc(C)s3)C(C)C)[C@H](C(=O)NC(C)(C)C)C2)cc1OC. The third-order valence-corrected chi connectivity index (χ3v) is 9.87. The van der Waals surface area contributed by atoms with Crippen LogP contribution >= 0.6 is 11.3 Å². The zero-order valence-corrected chi connectivity index (χ0v) is 33.0. The topological polar surface area (TPSA) is 155 Å². The number of amides is 3. The number of carbonyl (C=O) groups excluding carboxylic acids is 3. The Morgan fingerprint density at radius 2 is 1.72 bits per heavy atom. The number of aryl methyl sites for hydroxylation is 1. The molecule has 1 aliphatic rings. The molecule has 0 bridgehead atoms. The molecule has 0 unspecified atom stereocenters. The van der Waals surface area contributed by atoms with E-state index < -0.39 is 41.8 Å². The van der Waals surface area contributed by atoms with Crippen molar-refractivity contribution in [1.29, 1.82) is 0 Å². The fourth-order valence-corrected chi connectivity index (χ4v) is 6.99. The summed E-state index contributed by atoms with van der Waals surface area (Å²) in [6.07, 6.45) is 0.233. The number of piperazine rings is 1. The first-order chi connectivity index (χ1) is 25.1. The second-order valence-electron chi connectivity index (χ2n) is 14.8. The highest BCUT2D eigenvalue weighted by molar-refractivity contribution is 7.11. The number of alkyl carbamates (subject to hydrolysis) is 1. The Morgan fingerprint density at radius 1 is 1.00 bits per heavy atom. The Labute approximate surface area is 317 Å². The highest BCUT2D eigenvalue weighted by atomic mass is 32.1. The van der Waals surface area contributed by atoms with E-state index in [-0.39, 0.29) is 25.0 Å². The van der Waals surface area contributed by atoms with Crippen LogP contribution in [-0.2, 0) is 33.9 Å². The molecule has 3 aromatic rings. The normalized spacial score (nSPS) is 17.1. The van der Waals surface area contributed by atoms with E-state index in [4.69, 9.17) is 14.2 Å². The molecule has 4 N–H and O–H groups in total. The lowest BCUT2D eigenvalue weighted by Crippen LogP contribution is -2.63. The Kier molecular flexibility index (Phi) is 15.0. The maximum absolute atomic E-state index is 13.8. The molecule has 4 rings (SSSR count). The average molecular weight is 753 g/mol. The van der Waals surface area contributed by atoms with Crippen molar-refractivity contribution in [1.82, 2.24) is 30.7 Å². The van der Waals surface area contributed by atoms with Crippen LogP contribution in [0.2, 0.25) is 0 Å². The van der Waals surface area contributed by atoms with E-state index in [1.165, 1.54) is 11.3 Å². The van der Waals surface area contributed by atoms with Crippen LogP contribution in [0, 0.1) is 12.8 Å². The zero-order valence-electron chi connectivity index (χ0n) is 32.2. The number of benzene rings is 2. The van der Waals surface area contributed by atoms with Gasteiger partial charge in [-0.25, -0.2) is 9.78 Å². The molecule has 0 radical (unpaired) electrons. The van der Waals surface area contributed by atoms with Crippen LogP contribution in [0.4, 0.5) is 4.79 Å². The third kappa shape index (κ3) is 12.7. The fourth-order valence-electron chi connectivity index (χ4n) is 6.28. The predicted octanol–water partition coefficient (Wildman–Crippen LogP) is 3.91. The van der Waals surface area contributed by atoms with Crippen molar-refractivity contribution in [3.8, 4) is 11.5 Å². The predicted molar refractivity (Wildman–Crippen MR) is 205 cm³/mol. The van der Waals surface area contributed by atoms with E-state index in [0.717, 1.165) is 21.0 Å². The van der Waals surface area contributed by atoms with E-state index in [1.807, 2.05) is 95.0 Å². The number of ether oxygens (including phenoxy) is 3. The molecule has 3 amide bonds. The molecule has 1 fully saturated rings. The summed E-state index contributed by atoms with van der Waals surface area (Å²) in [6, 6.07) is 13.2. The van der Waals surface area contributed by atoms with Crippen LogP contribution in [0.5, 0.6) is 11.5 Å². The van der Waals surface area contributed by atoms with E-state index in [9.17, 15) is 19.5 Å². The minimum atomic E-state index is -1.05. The van der Waals surface area contributed by atoms with Gasteiger partial charge in [-0.05, 0) is 63.3 Å². The molecule has 4 atom stereocenters. The number of thiazole rings is 1. The molecule has 1 saturated heterocycles. The monoisotopic (exact) mass is 752 g/mol. The van der Waals surface area contributed by atoms with Crippen molar-refractivity contribution < 1.29 is 33.7 Å².